The molecule has 0 radical (unpaired) electrons. The van der Waals surface area contributed by atoms with Crippen LogP contribution in [0.5, 0.6) is 0 Å². The van der Waals surface area contributed by atoms with Gasteiger partial charge in [0.2, 0.25) is 15.9 Å². The highest BCUT2D eigenvalue weighted by molar-refractivity contribution is 7.90. The Morgan fingerprint density at radius 3 is 2.27 bits per heavy atom. The summed E-state index contributed by atoms with van der Waals surface area (Å²) in [7, 11) is -3.92. The molecular formula is C19H34N2O8S. The number of likely N-dealkylation sites (tertiary alicyclic amines) is 1. The molecule has 2 aliphatic heterocycles. The number of aliphatic hydroxyl groups excluding tert-OH is 1. The Bertz CT molecular complexity index is 781. The number of carbonyl (C=O) groups is 2. The Balaban J connectivity index is 2.46. The average Bonchev–Trinajstić information content (AvgIpc) is 3.00. The van der Waals surface area contributed by atoms with Crippen LogP contribution < -0.4 is 4.72 Å². The normalized spacial score (nSPS) is 28.6. The van der Waals surface area contributed by atoms with Crippen LogP contribution in [-0.4, -0.2) is 77.5 Å². The van der Waals surface area contributed by atoms with Gasteiger partial charge in [-0.05, 0) is 55.4 Å². The zero-order chi connectivity index (χ0) is 23.3. The van der Waals surface area contributed by atoms with E-state index in [9.17, 15) is 23.1 Å². The van der Waals surface area contributed by atoms with Gasteiger partial charge in [-0.1, -0.05) is 0 Å². The summed E-state index contributed by atoms with van der Waals surface area (Å²) in [6.45, 7) is 12.9. The van der Waals surface area contributed by atoms with Crippen molar-refractivity contribution in [2.24, 2.45) is 0 Å². The lowest BCUT2D eigenvalue weighted by atomic mass is 9.99. The van der Waals surface area contributed by atoms with Gasteiger partial charge in [0.05, 0.1) is 36.0 Å². The molecule has 0 aromatic heterocycles. The Morgan fingerprint density at radius 1 is 1.27 bits per heavy atom. The molecule has 0 aliphatic carbocycles. The third-order valence-corrected chi connectivity index (χ3v) is 7.03. The Hall–Kier alpha value is -1.27. The zero-order valence-electron chi connectivity index (χ0n) is 18.9. The highest BCUT2D eigenvalue weighted by atomic mass is 32.2. The minimum atomic E-state index is -3.92. The van der Waals surface area contributed by atoms with Gasteiger partial charge in [0.15, 0.2) is 5.79 Å². The van der Waals surface area contributed by atoms with Gasteiger partial charge < -0.3 is 19.3 Å². The van der Waals surface area contributed by atoms with Crippen LogP contribution in [0.25, 0.3) is 0 Å². The van der Waals surface area contributed by atoms with Crippen LogP contribution in [0.2, 0.25) is 0 Å². The maximum absolute atomic E-state index is 12.9. The number of rotatable bonds is 4. The van der Waals surface area contributed by atoms with Crippen molar-refractivity contribution in [1.82, 2.24) is 9.62 Å². The van der Waals surface area contributed by atoms with E-state index in [4.69, 9.17) is 14.2 Å². The quantitative estimate of drug-likeness (QED) is 0.651. The van der Waals surface area contributed by atoms with Crippen LogP contribution in [0.1, 0.15) is 61.8 Å². The number of imide groups is 1. The van der Waals surface area contributed by atoms with E-state index in [1.165, 1.54) is 20.8 Å². The molecule has 2 aliphatic rings. The molecule has 0 saturated carbocycles. The molecule has 0 unspecified atom stereocenters. The highest BCUT2D eigenvalue weighted by Crippen LogP contribution is 2.33. The minimum absolute atomic E-state index is 0.0178. The smallest absolute Gasteiger partial charge is 0.417 e. The average molecular weight is 451 g/mol. The number of carbonyl (C=O) groups excluding carboxylic acids is 2. The van der Waals surface area contributed by atoms with E-state index >= 15 is 0 Å². The van der Waals surface area contributed by atoms with Gasteiger partial charge in [0.25, 0.3) is 0 Å². The van der Waals surface area contributed by atoms with Gasteiger partial charge in [-0.25, -0.2) is 22.8 Å². The fourth-order valence-electron chi connectivity index (χ4n) is 3.28. The molecular weight excluding hydrogens is 416 g/mol. The SMILES string of the molecule is CC(C)(C)OC(=O)N1C(=O)C[C@@H](O)[C@@H]1[C@@H](NS(=O)(=O)C(C)(C)C)[C@@H]1COC(C)(C)O1. The lowest BCUT2D eigenvalue weighted by Gasteiger charge is -2.37. The second-order valence-electron chi connectivity index (χ2n) is 10.1. The first-order chi connectivity index (χ1) is 13.3. The van der Waals surface area contributed by atoms with Crippen LogP contribution in [0, 0.1) is 0 Å². The largest absolute Gasteiger partial charge is 0.443 e. The third kappa shape index (κ3) is 5.50. The molecule has 2 rings (SSSR count). The molecule has 2 saturated heterocycles. The number of sulfonamides is 1. The predicted molar refractivity (Wildman–Crippen MR) is 108 cm³/mol. The molecule has 11 heteroatoms. The van der Waals surface area contributed by atoms with E-state index in [0.29, 0.717) is 0 Å². The summed E-state index contributed by atoms with van der Waals surface area (Å²) in [4.78, 5) is 26.1. The molecule has 10 nitrogen and oxygen atoms in total. The maximum atomic E-state index is 12.9. The number of hydrogen-bond donors (Lipinski definition) is 2. The standard InChI is InChI=1S/C19H34N2O8S/c1-17(2,3)29-16(24)21-13(23)9-11(22)15(21)14(12-10-27-19(7,8)28-12)20-30(25,26)18(4,5)6/h11-12,14-15,20,22H,9-10H2,1-8H3/t11-,12+,14+,15-/m1/s1. The fourth-order valence-corrected chi connectivity index (χ4v) is 4.29. The topological polar surface area (TPSA) is 131 Å². The summed E-state index contributed by atoms with van der Waals surface area (Å²) in [5, 5.41) is 10.6. The van der Waals surface area contributed by atoms with E-state index in [1.807, 2.05) is 0 Å². The molecule has 0 aromatic carbocycles. The van der Waals surface area contributed by atoms with E-state index in [-0.39, 0.29) is 13.0 Å². The molecule has 30 heavy (non-hydrogen) atoms. The van der Waals surface area contributed by atoms with Gasteiger partial charge in [-0.15, -0.1) is 0 Å². The van der Waals surface area contributed by atoms with Crippen molar-refractivity contribution in [3.8, 4) is 0 Å². The summed E-state index contributed by atoms with van der Waals surface area (Å²) in [6, 6.07) is -2.35. The second kappa shape index (κ2) is 8.01. The summed E-state index contributed by atoms with van der Waals surface area (Å²) in [5.41, 5.74) is -0.884. The van der Waals surface area contributed by atoms with Crippen LogP contribution in [0.4, 0.5) is 4.79 Å². The van der Waals surface area contributed by atoms with E-state index in [0.717, 1.165) is 4.90 Å². The molecule has 2 heterocycles. The van der Waals surface area contributed by atoms with Crippen LogP contribution >= 0.6 is 0 Å². The number of amides is 2. The number of nitrogens with one attached hydrogen (secondary N) is 1. The molecule has 2 amide bonds. The molecule has 0 bridgehead atoms. The lowest BCUT2D eigenvalue weighted by Crippen LogP contribution is -2.62. The van der Waals surface area contributed by atoms with Gasteiger partial charge in [-0.3, -0.25) is 4.79 Å². The lowest BCUT2D eigenvalue weighted by molar-refractivity contribution is -0.144. The second-order valence-corrected chi connectivity index (χ2v) is 12.6. The van der Waals surface area contributed by atoms with E-state index in [2.05, 4.69) is 4.72 Å². The first-order valence-electron chi connectivity index (χ1n) is 9.91. The summed E-state index contributed by atoms with van der Waals surface area (Å²) in [6.07, 6.45) is -3.43. The first kappa shape index (κ1) is 25.0. The number of hydrogen-bond acceptors (Lipinski definition) is 8. The first-order valence-corrected chi connectivity index (χ1v) is 11.4. The molecule has 2 N–H and O–H groups in total. The predicted octanol–water partition coefficient (Wildman–Crippen LogP) is 1.12. The van der Waals surface area contributed by atoms with Gasteiger partial charge in [-0.2, -0.15) is 0 Å². The Kier molecular flexibility index (Phi) is 6.67. The number of nitrogens with zero attached hydrogens (tertiary/aromatic N) is 1. The summed E-state index contributed by atoms with van der Waals surface area (Å²) in [5.74, 6) is -1.64. The third-order valence-electron chi connectivity index (χ3n) is 4.83. The van der Waals surface area contributed by atoms with Gasteiger partial charge in [0.1, 0.15) is 11.7 Å². The van der Waals surface area contributed by atoms with Crippen LogP contribution in [0.3, 0.4) is 0 Å². The molecule has 0 aromatic rings. The van der Waals surface area contributed by atoms with Crippen molar-refractivity contribution in [2.45, 2.75) is 102 Å². The highest BCUT2D eigenvalue weighted by Gasteiger charge is 2.54. The Labute approximate surface area is 178 Å². The van der Waals surface area contributed by atoms with Crippen molar-refractivity contribution >= 4 is 22.0 Å². The van der Waals surface area contributed by atoms with E-state index < -0.39 is 62.5 Å². The van der Waals surface area contributed by atoms with Crippen molar-refractivity contribution in [3.63, 3.8) is 0 Å². The summed E-state index contributed by atoms with van der Waals surface area (Å²) >= 11 is 0. The van der Waals surface area contributed by atoms with Crippen molar-refractivity contribution in [3.05, 3.63) is 0 Å². The monoisotopic (exact) mass is 450 g/mol. The molecule has 174 valence electrons. The van der Waals surface area contributed by atoms with Crippen molar-refractivity contribution in [2.75, 3.05) is 6.61 Å². The van der Waals surface area contributed by atoms with Crippen LogP contribution in [0.15, 0.2) is 0 Å². The summed E-state index contributed by atoms with van der Waals surface area (Å²) < 4.78 is 44.0. The van der Waals surface area contributed by atoms with Crippen molar-refractivity contribution in [1.29, 1.82) is 0 Å². The fraction of sp³-hybridized carbons (Fsp3) is 0.895. The molecule has 2 fully saturated rings. The van der Waals surface area contributed by atoms with Crippen molar-refractivity contribution < 1.29 is 37.3 Å². The molecule has 4 atom stereocenters. The van der Waals surface area contributed by atoms with Gasteiger partial charge >= 0.3 is 6.09 Å². The zero-order valence-corrected chi connectivity index (χ0v) is 19.7. The number of aliphatic hydroxyl groups is 1. The van der Waals surface area contributed by atoms with Gasteiger partial charge in [0, 0.05) is 0 Å². The minimum Gasteiger partial charge on any atom is -0.443 e. The molecule has 0 spiro atoms. The van der Waals surface area contributed by atoms with E-state index in [1.54, 1.807) is 34.6 Å². The number of ether oxygens (including phenoxy) is 3. The Morgan fingerprint density at radius 2 is 1.83 bits per heavy atom. The maximum Gasteiger partial charge on any atom is 0.417 e. The van der Waals surface area contributed by atoms with Crippen LogP contribution in [-0.2, 0) is 29.0 Å².